The van der Waals surface area contributed by atoms with Gasteiger partial charge in [0, 0.05) is 12.8 Å². The van der Waals surface area contributed by atoms with E-state index in [2.05, 4.69) is 0 Å². The van der Waals surface area contributed by atoms with Gasteiger partial charge in [-0.15, -0.1) is 0 Å². The van der Waals surface area contributed by atoms with Crippen LogP contribution in [0.1, 0.15) is 71.6 Å². The molecule has 0 aromatic rings. The van der Waals surface area contributed by atoms with Crippen LogP contribution in [-0.2, 0) is 0 Å². The maximum Gasteiger partial charge on any atom is 0.384 e. The SMILES string of the molecule is CCCCCCCCCC(F)(F)C(F)(F)C(F)(F)C(F)(F)C(F)(F)C(F)(F)C(F)(F)C(F)(F)CC. The Morgan fingerprint density at radius 1 is 0.343 bits per heavy atom. The van der Waals surface area contributed by atoms with Gasteiger partial charge >= 0.3 is 47.4 Å². The summed E-state index contributed by atoms with van der Waals surface area (Å²) in [6.07, 6.45) is -3.35. The largest absolute Gasteiger partial charge is 0.384 e. The first-order chi connectivity index (χ1) is 15.4. The van der Waals surface area contributed by atoms with E-state index in [1.807, 2.05) is 6.92 Å². The van der Waals surface area contributed by atoms with E-state index in [4.69, 9.17) is 0 Å². The fraction of sp³-hybridized carbons (Fsp3) is 1.00. The van der Waals surface area contributed by atoms with Gasteiger partial charge in [0.05, 0.1) is 0 Å². The van der Waals surface area contributed by atoms with Crippen molar-refractivity contribution in [3.63, 3.8) is 0 Å². The summed E-state index contributed by atoms with van der Waals surface area (Å²) >= 11 is 0. The lowest BCUT2D eigenvalue weighted by molar-refractivity contribution is -0.453. The van der Waals surface area contributed by atoms with E-state index in [1.165, 1.54) is 0 Å². The zero-order valence-corrected chi connectivity index (χ0v) is 18.4. The highest BCUT2D eigenvalue weighted by Crippen LogP contribution is 2.64. The van der Waals surface area contributed by atoms with E-state index in [-0.39, 0.29) is 19.8 Å². The third-order valence-electron chi connectivity index (χ3n) is 5.43. The molecular weight excluding hydrogens is 532 g/mol. The number of rotatable bonds is 16. The second-order valence-electron chi connectivity index (χ2n) is 8.08. The molecule has 0 saturated carbocycles. The summed E-state index contributed by atoms with van der Waals surface area (Å²) in [4.78, 5) is 0. The molecule has 0 aromatic heterocycles. The first-order valence-electron chi connectivity index (χ1n) is 10.4. The van der Waals surface area contributed by atoms with Gasteiger partial charge in [0.15, 0.2) is 0 Å². The number of hydrogen-bond donors (Lipinski definition) is 0. The van der Waals surface area contributed by atoms with Gasteiger partial charge in [0.1, 0.15) is 0 Å². The Bertz CT molecular complexity index is 668. The molecule has 0 radical (unpaired) electrons. The quantitative estimate of drug-likeness (QED) is 0.131. The second-order valence-corrected chi connectivity index (χ2v) is 8.08. The van der Waals surface area contributed by atoms with Gasteiger partial charge in [-0.3, -0.25) is 0 Å². The lowest BCUT2D eigenvalue weighted by atomic mass is 9.86. The average molecular weight is 556 g/mol. The summed E-state index contributed by atoms with van der Waals surface area (Å²) in [7, 11) is 0. The fourth-order valence-corrected chi connectivity index (χ4v) is 2.93. The molecule has 0 N–H and O–H groups in total. The third-order valence-corrected chi connectivity index (χ3v) is 5.43. The summed E-state index contributed by atoms with van der Waals surface area (Å²) in [5, 5.41) is 0. The third kappa shape index (κ3) is 5.59. The zero-order chi connectivity index (χ0) is 28.4. The summed E-state index contributed by atoms with van der Waals surface area (Å²) in [5.41, 5.74) is 0. The molecule has 0 rings (SSSR count). The van der Waals surface area contributed by atoms with Crippen molar-refractivity contribution in [1.82, 2.24) is 0 Å². The van der Waals surface area contributed by atoms with E-state index >= 15 is 0 Å². The Kier molecular flexibility index (Phi) is 10.4. The van der Waals surface area contributed by atoms with Crippen LogP contribution in [0, 0.1) is 0 Å². The van der Waals surface area contributed by atoms with Crippen molar-refractivity contribution in [3.8, 4) is 0 Å². The monoisotopic (exact) mass is 556 g/mol. The molecule has 0 aliphatic carbocycles. The number of unbranched alkanes of at least 4 members (excludes halogenated alkanes) is 6. The van der Waals surface area contributed by atoms with E-state index in [0.29, 0.717) is 12.8 Å². The number of hydrogen-bond acceptors (Lipinski definition) is 0. The van der Waals surface area contributed by atoms with Crippen molar-refractivity contribution in [2.75, 3.05) is 0 Å². The maximum absolute atomic E-state index is 13.8. The molecule has 16 heteroatoms. The Morgan fingerprint density at radius 2 is 0.629 bits per heavy atom. The van der Waals surface area contributed by atoms with Gasteiger partial charge in [-0.25, -0.2) is 0 Å². The van der Waals surface area contributed by atoms with E-state index in [0.717, 1.165) is 12.8 Å². The highest BCUT2D eigenvalue weighted by Gasteiger charge is 2.94. The summed E-state index contributed by atoms with van der Waals surface area (Å²) in [6, 6.07) is 0. The van der Waals surface area contributed by atoms with Crippen LogP contribution in [0.5, 0.6) is 0 Å². The Balaban J connectivity index is 6.05. The second kappa shape index (κ2) is 10.7. The van der Waals surface area contributed by atoms with Crippen molar-refractivity contribution in [2.24, 2.45) is 0 Å². The smallest absolute Gasteiger partial charge is 0.200 e. The molecule has 0 saturated heterocycles. The van der Waals surface area contributed by atoms with Gasteiger partial charge in [-0.1, -0.05) is 52.4 Å². The molecular formula is C19H24F16. The minimum atomic E-state index is -8.33. The van der Waals surface area contributed by atoms with Gasteiger partial charge in [-0.05, 0) is 6.42 Å². The van der Waals surface area contributed by atoms with Crippen molar-refractivity contribution < 1.29 is 70.2 Å². The van der Waals surface area contributed by atoms with Crippen LogP contribution in [0.25, 0.3) is 0 Å². The minimum Gasteiger partial charge on any atom is -0.200 e. The molecule has 0 aliphatic heterocycles. The molecule has 0 fully saturated rings. The van der Waals surface area contributed by atoms with Crippen molar-refractivity contribution in [2.45, 2.75) is 119 Å². The molecule has 0 aromatic carbocycles. The van der Waals surface area contributed by atoms with Gasteiger partial charge in [0.2, 0.25) is 0 Å². The fourth-order valence-electron chi connectivity index (χ4n) is 2.93. The highest BCUT2D eigenvalue weighted by molar-refractivity contribution is 5.15. The van der Waals surface area contributed by atoms with Gasteiger partial charge < -0.3 is 0 Å². The lowest BCUT2D eigenvalue weighted by Crippen LogP contribution is -2.74. The maximum atomic E-state index is 13.8. The summed E-state index contributed by atoms with van der Waals surface area (Å²) < 4.78 is 217. The van der Waals surface area contributed by atoms with Crippen molar-refractivity contribution in [3.05, 3.63) is 0 Å². The molecule has 0 atom stereocenters. The Labute approximate surface area is 190 Å². The van der Waals surface area contributed by atoms with Crippen LogP contribution >= 0.6 is 0 Å². The minimum absolute atomic E-state index is 0.00734. The average Bonchev–Trinajstić information content (AvgIpc) is 2.71. The predicted molar refractivity (Wildman–Crippen MR) is 92.5 cm³/mol. The molecule has 212 valence electrons. The van der Waals surface area contributed by atoms with Crippen LogP contribution in [0.3, 0.4) is 0 Å². The first-order valence-corrected chi connectivity index (χ1v) is 10.4. The molecule has 0 nitrogen and oxygen atoms in total. The van der Waals surface area contributed by atoms with E-state index < -0.39 is 66.6 Å². The van der Waals surface area contributed by atoms with Crippen molar-refractivity contribution >= 4 is 0 Å². The molecule has 0 heterocycles. The lowest BCUT2D eigenvalue weighted by Gasteiger charge is -2.43. The Morgan fingerprint density at radius 3 is 0.971 bits per heavy atom. The first kappa shape index (κ1) is 33.9. The molecule has 0 aliphatic rings. The van der Waals surface area contributed by atoms with Crippen LogP contribution in [-0.4, -0.2) is 47.4 Å². The van der Waals surface area contributed by atoms with Crippen LogP contribution in [0.4, 0.5) is 70.2 Å². The zero-order valence-electron chi connectivity index (χ0n) is 18.4. The Hall–Kier alpha value is -1.12. The van der Waals surface area contributed by atoms with Crippen LogP contribution < -0.4 is 0 Å². The van der Waals surface area contributed by atoms with E-state index in [1.54, 1.807) is 0 Å². The molecule has 0 bridgehead atoms. The summed E-state index contributed by atoms with van der Waals surface area (Å²) in [6.45, 7) is 1.82. The van der Waals surface area contributed by atoms with Crippen molar-refractivity contribution in [1.29, 1.82) is 0 Å². The number of alkyl halides is 16. The van der Waals surface area contributed by atoms with Crippen LogP contribution in [0.2, 0.25) is 0 Å². The van der Waals surface area contributed by atoms with Gasteiger partial charge in [0.25, 0.3) is 0 Å². The standard InChI is InChI=1S/C19H24F16/c1-3-5-6-7-8-9-10-11-13(22,23)15(26,27)17(30,31)19(34,35)18(32,33)16(28,29)14(24,25)12(20,21)4-2/h3-11H2,1-2H3. The predicted octanol–water partition coefficient (Wildman–Crippen LogP) is 9.62. The molecule has 35 heavy (non-hydrogen) atoms. The van der Waals surface area contributed by atoms with Crippen LogP contribution in [0.15, 0.2) is 0 Å². The molecule has 0 unspecified atom stereocenters. The molecule has 0 spiro atoms. The highest BCUT2D eigenvalue weighted by atomic mass is 19.4. The van der Waals surface area contributed by atoms with E-state index in [9.17, 15) is 70.2 Å². The molecule has 0 amide bonds. The van der Waals surface area contributed by atoms with Gasteiger partial charge in [-0.2, -0.15) is 70.2 Å². The normalized spacial score (nSPS) is 15.6. The summed E-state index contributed by atoms with van der Waals surface area (Å²) in [5.74, 6) is -60.1. The number of halogens is 16. The topological polar surface area (TPSA) is 0 Å².